The lowest BCUT2D eigenvalue weighted by Gasteiger charge is -2.20. The molecule has 5 rings (SSSR count). The van der Waals surface area contributed by atoms with Crippen LogP contribution >= 0.6 is 22.7 Å². The van der Waals surface area contributed by atoms with Crippen LogP contribution in [0, 0.1) is 24.7 Å². The predicted molar refractivity (Wildman–Crippen MR) is 112 cm³/mol. The number of hydrogen-bond acceptors (Lipinski definition) is 6. The van der Waals surface area contributed by atoms with Crippen LogP contribution in [0.4, 0.5) is 0 Å². The molecule has 2 saturated carbocycles. The van der Waals surface area contributed by atoms with Gasteiger partial charge >= 0.3 is 5.97 Å². The van der Waals surface area contributed by atoms with Gasteiger partial charge < -0.3 is 9.72 Å². The second-order valence-corrected chi connectivity index (χ2v) is 10.2. The molecular formula is C21H22N2O3S2. The van der Waals surface area contributed by atoms with E-state index in [1.807, 2.05) is 18.4 Å². The van der Waals surface area contributed by atoms with E-state index in [4.69, 9.17) is 4.74 Å². The van der Waals surface area contributed by atoms with Crippen LogP contribution in [-0.4, -0.2) is 15.9 Å². The number of nitrogens with zero attached hydrogens (tertiary/aromatic N) is 1. The SMILES string of the molecule is Cc1ccc(-c2csc3nc(COC(=O)C[C@H]4C[C@H]5CC[C@@H]4C5)[nH]c(=O)c23)s1. The Morgan fingerprint density at radius 1 is 1.32 bits per heavy atom. The van der Waals surface area contributed by atoms with Crippen molar-refractivity contribution in [2.24, 2.45) is 17.8 Å². The van der Waals surface area contributed by atoms with E-state index in [2.05, 4.69) is 16.0 Å². The van der Waals surface area contributed by atoms with Gasteiger partial charge in [-0.3, -0.25) is 9.59 Å². The summed E-state index contributed by atoms with van der Waals surface area (Å²) in [6.07, 6.45) is 5.54. The highest BCUT2D eigenvalue weighted by Crippen LogP contribution is 2.49. The highest BCUT2D eigenvalue weighted by molar-refractivity contribution is 7.19. The predicted octanol–water partition coefficient (Wildman–Crippen LogP) is 4.89. The average Bonchev–Trinajstić information content (AvgIpc) is 3.43. The number of thiophene rings is 2. The van der Waals surface area contributed by atoms with Crippen LogP contribution in [0.1, 0.15) is 42.8 Å². The first kappa shape index (κ1) is 18.1. The van der Waals surface area contributed by atoms with Crippen molar-refractivity contribution in [1.29, 1.82) is 0 Å². The molecular weight excluding hydrogens is 392 g/mol. The number of carbonyl (C=O) groups is 1. The highest BCUT2D eigenvalue weighted by atomic mass is 32.1. The number of nitrogens with one attached hydrogen (secondary N) is 1. The molecule has 28 heavy (non-hydrogen) atoms. The van der Waals surface area contributed by atoms with Crippen LogP contribution in [0.5, 0.6) is 0 Å². The number of esters is 1. The maximum Gasteiger partial charge on any atom is 0.306 e. The van der Waals surface area contributed by atoms with Crippen LogP contribution in [0.3, 0.4) is 0 Å². The molecule has 2 aliphatic rings. The highest BCUT2D eigenvalue weighted by Gasteiger charge is 2.40. The lowest BCUT2D eigenvalue weighted by molar-refractivity contribution is -0.146. The zero-order chi connectivity index (χ0) is 19.3. The minimum atomic E-state index is -0.179. The van der Waals surface area contributed by atoms with Gasteiger partial charge in [-0.05, 0) is 56.1 Å². The van der Waals surface area contributed by atoms with Crippen LogP contribution in [0.15, 0.2) is 22.3 Å². The number of H-pyrrole nitrogens is 1. The largest absolute Gasteiger partial charge is 0.458 e. The van der Waals surface area contributed by atoms with Crippen LogP contribution in [-0.2, 0) is 16.1 Å². The van der Waals surface area contributed by atoms with Gasteiger partial charge in [0, 0.05) is 27.1 Å². The second-order valence-electron chi connectivity index (χ2n) is 8.05. The summed E-state index contributed by atoms with van der Waals surface area (Å²) in [5.74, 6) is 2.24. The van der Waals surface area contributed by atoms with E-state index in [-0.39, 0.29) is 18.1 Å². The Bertz CT molecular complexity index is 1100. The van der Waals surface area contributed by atoms with E-state index in [0.29, 0.717) is 34.3 Å². The van der Waals surface area contributed by atoms with E-state index in [0.717, 1.165) is 16.4 Å². The number of aromatic amines is 1. The number of ether oxygens (including phenoxy) is 1. The van der Waals surface area contributed by atoms with Gasteiger partial charge in [0.2, 0.25) is 0 Å². The van der Waals surface area contributed by atoms with Gasteiger partial charge in [0.1, 0.15) is 17.3 Å². The van der Waals surface area contributed by atoms with Gasteiger partial charge in [-0.2, -0.15) is 0 Å². The number of hydrogen-bond donors (Lipinski definition) is 1. The molecule has 0 unspecified atom stereocenters. The van der Waals surface area contributed by atoms with Crippen molar-refractivity contribution in [1.82, 2.24) is 9.97 Å². The summed E-state index contributed by atoms with van der Waals surface area (Å²) in [5.41, 5.74) is 0.748. The van der Waals surface area contributed by atoms with Crippen molar-refractivity contribution < 1.29 is 9.53 Å². The van der Waals surface area contributed by atoms with Crippen LogP contribution in [0.25, 0.3) is 20.7 Å². The first-order valence-electron chi connectivity index (χ1n) is 9.79. The van der Waals surface area contributed by atoms with E-state index >= 15 is 0 Å². The maximum atomic E-state index is 12.6. The van der Waals surface area contributed by atoms with Crippen molar-refractivity contribution >= 4 is 38.9 Å². The van der Waals surface area contributed by atoms with Crippen molar-refractivity contribution in [3.63, 3.8) is 0 Å². The Morgan fingerprint density at radius 3 is 2.93 bits per heavy atom. The van der Waals surface area contributed by atoms with Gasteiger partial charge in [0.15, 0.2) is 0 Å². The molecule has 1 N–H and O–H groups in total. The Hall–Kier alpha value is -1.99. The first-order chi connectivity index (χ1) is 13.6. The maximum absolute atomic E-state index is 12.6. The molecule has 3 atom stereocenters. The molecule has 2 aliphatic carbocycles. The normalized spacial score (nSPS) is 23.5. The van der Waals surface area contributed by atoms with Crippen LogP contribution < -0.4 is 5.56 Å². The molecule has 0 spiro atoms. The van der Waals surface area contributed by atoms with Gasteiger partial charge in [0.25, 0.3) is 5.56 Å². The fourth-order valence-corrected chi connectivity index (χ4v) is 6.79. The van der Waals surface area contributed by atoms with Gasteiger partial charge in [0.05, 0.1) is 5.39 Å². The second kappa shape index (κ2) is 7.12. The monoisotopic (exact) mass is 414 g/mol. The topological polar surface area (TPSA) is 72.0 Å². The molecule has 3 aromatic rings. The third kappa shape index (κ3) is 3.31. The Kier molecular flexibility index (Phi) is 4.59. The zero-order valence-corrected chi connectivity index (χ0v) is 17.3. The summed E-state index contributed by atoms with van der Waals surface area (Å²) < 4.78 is 5.43. The Labute approximate surface area is 170 Å². The van der Waals surface area contributed by atoms with Crippen molar-refractivity contribution in [2.75, 3.05) is 0 Å². The van der Waals surface area contributed by atoms with Gasteiger partial charge in [-0.25, -0.2) is 4.98 Å². The third-order valence-corrected chi connectivity index (χ3v) is 8.09. The Morgan fingerprint density at radius 2 is 2.21 bits per heavy atom. The number of aromatic nitrogens is 2. The molecule has 2 bridgehead atoms. The molecule has 0 aromatic carbocycles. The van der Waals surface area contributed by atoms with Gasteiger partial charge in [-0.1, -0.05) is 6.42 Å². The number of fused-ring (bicyclic) bond motifs is 3. The lowest BCUT2D eigenvalue weighted by Crippen LogP contribution is -2.18. The first-order valence-corrected chi connectivity index (χ1v) is 11.5. The summed E-state index contributed by atoms with van der Waals surface area (Å²) in [6.45, 7) is 2.07. The molecule has 0 amide bonds. The molecule has 5 nitrogen and oxygen atoms in total. The molecule has 3 heterocycles. The van der Waals surface area contributed by atoms with E-state index in [1.165, 1.54) is 41.9 Å². The number of aryl methyl sites for hydroxylation is 1. The summed E-state index contributed by atoms with van der Waals surface area (Å²) >= 11 is 3.11. The molecule has 3 aromatic heterocycles. The molecule has 0 radical (unpaired) electrons. The van der Waals surface area contributed by atoms with Crippen molar-refractivity contribution in [2.45, 2.75) is 45.6 Å². The average molecular weight is 415 g/mol. The number of rotatable bonds is 5. The minimum absolute atomic E-state index is 0.0240. The molecule has 146 valence electrons. The molecule has 2 fully saturated rings. The zero-order valence-electron chi connectivity index (χ0n) is 15.7. The molecule has 0 saturated heterocycles. The fourth-order valence-electron chi connectivity index (χ4n) is 4.87. The number of carbonyl (C=O) groups excluding carboxylic acids is 1. The van der Waals surface area contributed by atoms with E-state index in [1.54, 1.807) is 11.3 Å². The fraction of sp³-hybridized carbons (Fsp3) is 0.476. The van der Waals surface area contributed by atoms with Crippen LogP contribution in [0.2, 0.25) is 0 Å². The van der Waals surface area contributed by atoms with Crippen molar-refractivity contribution in [3.05, 3.63) is 38.6 Å². The van der Waals surface area contributed by atoms with Gasteiger partial charge in [-0.15, -0.1) is 22.7 Å². The summed E-state index contributed by atoms with van der Waals surface area (Å²) in [7, 11) is 0. The Balaban J connectivity index is 1.29. The lowest BCUT2D eigenvalue weighted by atomic mass is 9.86. The summed E-state index contributed by atoms with van der Waals surface area (Å²) in [6, 6.07) is 4.08. The van der Waals surface area contributed by atoms with E-state index < -0.39 is 0 Å². The molecule has 0 aliphatic heterocycles. The smallest absolute Gasteiger partial charge is 0.306 e. The molecule has 7 heteroatoms. The van der Waals surface area contributed by atoms with Crippen molar-refractivity contribution in [3.8, 4) is 10.4 Å². The summed E-state index contributed by atoms with van der Waals surface area (Å²) in [4.78, 5) is 35.2. The standard InChI is InChI=1S/C21H22N2O3S2/c1-11-2-5-16(28-11)15-10-27-21-19(15)20(25)22-17(23-21)9-26-18(24)8-14-7-12-3-4-13(14)6-12/h2,5,10,12-14H,3-4,6-9H2,1H3,(H,22,23,25)/t12-,13+,14+/m0/s1. The third-order valence-electron chi connectivity index (χ3n) is 6.18. The minimum Gasteiger partial charge on any atom is -0.458 e. The quantitative estimate of drug-likeness (QED) is 0.603. The summed E-state index contributed by atoms with van der Waals surface area (Å²) in [5, 5.41) is 2.59. The van der Waals surface area contributed by atoms with E-state index in [9.17, 15) is 9.59 Å².